The lowest BCUT2D eigenvalue weighted by Gasteiger charge is -2.38. The first-order chi connectivity index (χ1) is 8.17. The SMILES string of the molecule is CCOC(CCN1CC(C)NCC1C)OCC. The molecule has 2 atom stereocenters. The molecule has 17 heavy (non-hydrogen) atoms. The van der Waals surface area contributed by atoms with Gasteiger partial charge < -0.3 is 14.8 Å². The lowest BCUT2D eigenvalue weighted by atomic mass is 10.1. The molecular formula is C13H28N2O2. The van der Waals surface area contributed by atoms with Crippen LogP contribution in [0.3, 0.4) is 0 Å². The highest BCUT2D eigenvalue weighted by molar-refractivity contribution is 4.81. The Hall–Kier alpha value is -0.160. The quantitative estimate of drug-likeness (QED) is 0.687. The van der Waals surface area contributed by atoms with Crippen LogP contribution in [0.4, 0.5) is 0 Å². The van der Waals surface area contributed by atoms with Crippen molar-refractivity contribution in [2.24, 2.45) is 0 Å². The summed E-state index contributed by atoms with van der Waals surface area (Å²) in [6.45, 7) is 13.2. The molecular weight excluding hydrogens is 216 g/mol. The molecule has 0 aliphatic carbocycles. The Bertz CT molecular complexity index is 196. The fraction of sp³-hybridized carbons (Fsp3) is 1.00. The molecule has 1 aliphatic heterocycles. The van der Waals surface area contributed by atoms with Gasteiger partial charge >= 0.3 is 0 Å². The Kier molecular flexibility index (Phi) is 7.04. The van der Waals surface area contributed by atoms with Crippen molar-refractivity contribution >= 4 is 0 Å². The van der Waals surface area contributed by atoms with E-state index in [1.54, 1.807) is 0 Å². The topological polar surface area (TPSA) is 33.7 Å². The van der Waals surface area contributed by atoms with Gasteiger partial charge in [-0.2, -0.15) is 0 Å². The highest BCUT2D eigenvalue weighted by Crippen LogP contribution is 2.10. The molecule has 102 valence electrons. The van der Waals surface area contributed by atoms with E-state index < -0.39 is 0 Å². The minimum Gasteiger partial charge on any atom is -0.353 e. The highest BCUT2D eigenvalue weighted by atomic mass is 16.7. The third-order valence-electron chi connectivity index (χ3n) is 3.25. The molecule has 1 rings (SSSR count). The number of ether oxygens (including phenoxy) is 2. The van der Waals surface area contributed by atoms with Crippen LogP contribution in [-0.4, -0.2) is 56.1 Å². The summed E-state index contributed by atoms with van der Waals surface area (Å²) in [6.07, 6.45) is 0.918. The van der Waals surface area contributed by atoms with Gasteiger partial charge in [-0.25, -0.2) is 0 Å². The number of hydrogen-bond acceptors (Lipinski definition) is 4. The first kappa shape index (κ1) is 14.9. The van der Waals surface area contributed by atoms with E-state index in [-0.39, 0.29) is 6.29 Å². The maximum absolute atomic E-state index is 5.57. The van der Waals surface area contributed by atoms with Crippen LogP contribution in [0.5, 0.6) is 0 Å². The van der Waals surface area contributed by atoms with Gasteiger partial charge in [0.2, 0.25) is 0 Å². The lowest BCUT2D eigenvalue weighted by molar-refractivity contribution is -0.142. The third-order valence-corrected chi connectivity index (χ3v) is 3.25. The fourth-order valence-electron chi connectivity index (χ4n) is 2.27. The molecule has 1 saturated heterocycles. The average molecular weight is 244 g/mol. The minimum absolute atomic E-state index is 0.0395. The molecule has 0 bridgehead atoms. The standard InChI is InChI=1S/C13H28N2O2/c1-5-16-13(17-6-2)7-8-15-10-11(3)14-9-12(15)4/h11-14H,5-10H2,1-4H3. The molecule has 4 nitrogen and oxygen atoms in total. The summed E-state index contributed by atoms with van der Waals surface area (Å²) in [5.41, 5.74) is 0. The zero-order valence-electron chi connectivity index (χ0n) is 11.7. The molecule has 0 radical (unpaired) electrons. The third kappa shape index (κ3) is 5.34. The normalized spacial score (nSPS) is 26.6. The monoisotopic (exact) mass is 244 g/mol. The summed E-state index contributed by atoms with van der Waals surface area (Å²) in [4.78, 5) is 2.52. The van der Waals surface area contributed by atoms with Gasteiger partial charge in [-0.3, -0.25) is 4.90 Å². The molecule has 0 aromatic heterocycles. The van der Waals surface area contributed by atoms with E-state index in [2.05, 4.69) is 24.1 Å². The van der Waals surface area contributed by atoms with E-state index in [1.165, 1.54) is 0 Å². The summed E-state index contributed by atoms with van der Waals surface area (Å²) in [5.74, 6) is 0. The zero-order valence-corrected chi connectivity index (χ0v) is 11.7. The molecule has 0 saturated carbocycles. The Morgan fingerprint density at radius 3 is 2.47 bits per heavy atom. The first-order valence-electron chi connectivity index (χ1n) is 6.88. The zero-order chi connectivity index (χ0) is 12.7. The van der Waals surface area contributed by atoms with Crippen LogP contribution in [-0.2, 0) is 9.47 Å². The van der Waals surface area contributed by atoms with E-state index in [0.717, 1.165) is 39.3 Å². The van der Waals surface area contributed by atoms with Gasteiger partial charge in [0.15, 0.2) is 6.29 Å². The molecule has 0 amide bonds. The van der Waals surface area contributed by atoms with Crippen LogP contribution in [0.2, 0.25) is 0 Å². The van der Waals surface area contributed by atoms with Crippen LogP contribution in [0.1, 0.15) is 34.1 Å². The maximum atomic E-state index is 5.57. The van der Waals surface area contributed by atoms with Crippen molar-refractivity contribution < 1.29 is 9.47 Å². The van der Waals surface area contributed by atoms with Gasteiger partial charge in [-0.1, -0.05) is 0 Å². The van der Waals surface area contributed by atoms with Crippen LogP contribution in [0, 0.1) is 0 Å². The van der Waals surface area contributed by atoms with Crippen LogP contribution >= 0.6 is 0 Å². The van der Waals surface area contributed by atoms with E-state index in [1.807, 2.05) is 13.8 Å². The van der Waals surface area contributed by atoms with Gasteiger partial charge in [0.05, 0.1) is 0 Å². The smallest absolute Gasteiger partial charge is 0.158 e. The van der Waals surface area contributed by atoms with Crippen molar-refractivity contribution in [3.05, 3.63) is 0 Å². The average Bonchev–Trinajstić information content (AvgIpc) is 2.30. The first-order valence-corrected chi connectivity index (χ1v) is 6.88. The number of nitrogens with one attached hydrogen (secondary N) is 1. The second kappa shape index (κ2) is 8.03. The van der Waals surface area contributed by atoms with Crippen molar-refractivity contribution in [2.45, 2.75) is 52.5 Å². The summed E-state index contributed by atoms with van der Waals surface area (Å²) >= 11 is 0. The van der Waals surface area contributed by atoms with Crippen molar-refractivity contribution in [1.29, 1.82) is 0 Å². The Balaban J connectivity index is 2.30. The maximum Gasteiger partial charge on any atom is 0.158 e. The second-order valence-corrected chi connectivity index (χ2v) is 4.78. The molecule has 1 aliphatic rings. The number of piperazine rings is 1. The van der Waals surface area contributed by atoms with Crippen molar-refractivity contribution in [2.75, 3.05) is 32.8 Å². The highest BCUT2D eigenvalue weighted by Gasteiger charge is 2.22. The molecule has 2 unspecified atom stereocenters. The molecule has 1 heterocycles. The second-order valence-electron chi connectivity index (χ2n) is 4.78. The van der Waals surface area contributed by atoms with Gasteiger partial charge in [-0.15, -0.1) is 0 Å². The lowest BCUT2D eigenvalue weighted by Crippen LogP contribution is -2.54. The van der Waals surface area contributed by atoms with Crippen molar-refractivity contribution in [3.8, 4) is 0 Å². The minimum atomic E-state index is -0.0395. The predicted octanol–water partition coefficient (Wildman–Crippen LogP) is 1.46. The van der Waals surface area contributed by atoms with Crippen LogP contribution in [0.25, 0.3) is 0 Å². The van der Waals surface area contributed by atoms with E-state index >= 15 is 0 Å². The predicted molar refractivity (Wildman–Crippen MR) is 70.2 cm³/mol. The number of rotatable bonds is 7. The van der Waals surface area contributed by atoms with Gasteiger partial charge in [0.25, 0.3) is 0 Å². The largest absolute Gasteiger partial charge is 0.353 e. The summed E-state index contributed by atoms with van der Waals surface area (Å²) in [7, 11) is 0. The summed E-state index contributed by atoms with van der Waals surface area (Å²) < 4.78 is 11.1. The Morgan fingerprint density at radius 2 is 1.88 bits per heavy atom. The number of nitrogens with zero attached hydrogens (tertiary/aromatic N) is 1. The van der Waals surface area contributed by atoms with E-state index in [9.17, 15) is 0 Å². The van der Waals surface area contributed by atoms with Crippen LogP contribution in [0.15, 0.2) is 0 Å². The molecule has 0 aromatic rings. The van der Waals surface area contributed by atoms with E-state index in [0.29, 0.717) is 12.1 Å². The molecule has 1 N–H and O–H groups in total. The van der Waals surface area contributed by atoms with Crippen molar-refractivity contribution in [1.82, 2.24) is 10.2 Å². The van der Waals surface area contributed by atoms with Gasteiger partial charge in [-0.05, 0) is 27.7 Å². The Labute approximate surface area is 106 Å². The fourth-order valence-corrected chi connectivity index (χ4v) is 2.27. The molecule has 4 heteroatoms. The van der Waals surface area contributed by atoms with Crippen molar-refractivity contribution in [3.63, 3.8) is 0 Å². The molecule has 0 spiro atoms. The van der Waals surface area contributed by atoms with E-state index in [4.69, 9.17) is 9.47 Å². The number of hydrogen-bond donors (Lipinski definition) is 1. The van der Waals surface area contributed by atoms with Gasteiger partial charge in [0, 0.05) is 51.4 Å². The van der Waals surface area contributed by atoms with Crippen LogP contribution < -0.4 is 5.32 Å². The summed E-state index contributed by atoms with van der Waals surface area (Å²) in [6, 6.07) is 1.19. The molecule has 1 fully saturated rings. The summed E-state index contributed by atoms with van der Waals surface area (Å²) in [5, 5.41) is 3.50. The van der Waals surface area contributed by atoms with Gasteiger partial charge in [0.1, 0.15) is 0 Å². The molecule has 0 aromatic carbocycles. The Morgan fingerprint density at radius 1 is 1.24 bits per heavy atom.